The van der Waals surface area contributed by atoms with Crippen LogP contribution in [0.2, 0.25) is 0 Å². The molecule has 0 radical (unpaired) electrons. The number of hydrogen-bond donors (Lipinski definition) is 1. The maximum absolute atomic E-state index is 12.8. The molecule has 4 heterocycles. The summed E-state index contributed by atoms with van der Waals surface area (Å²) in [5.74, 6) is 1.84. The Labute approximate surface area is 184 Å². The van der Waals surface area contributed by atoms with Crippen molar-refractivity contribution in [2.24, 2.45) is 0 Å². The standard InChI is InChI=1S/C23H22N8O/c1-13-3-4-16(10-25-13)14(2)31-22-21(18(9-24)30-31)23(32)29-20(28-22)8-7-19-26-11-17(12-27-19)15-5-6-15/h3-4,10-12,14-15H,5-8H2,1-2H3,(H,28,29,32). The maximum atomic E-state index is 12.8. The summed E-state index contributed by atoms with van der Waals surface area (Å²) in [6, 6.07) is 5.65. The van der Waals surface area contributed by atoms with Crippen molar-refractivity contribution in [1.29, 1.82) is 5.26 Å². The van der Waals surface area contributed by atoms with Crippen molar-refractivity contribution in [2.45, 2.75) is 51.5 Å². The molecule has 1 fully saturated rings. The molecule has 1 saturated carbocycles. The van der Waals surface area contributed by atoms with E-state index in [1.165, 1.54) is 18.4 Å². The van der Waals surface area contributed by atoms with Crippen molar-refractivity contribution in [2.75, 3.05) is 0 Å². The second kappa shape index (κ2) is 7.96. The normalized spacial score (nSPS) is 14.4. The van der Waals surface area contributed by atoms with Crippen molar-refractivity contribution >= 4 is 11.0 Å². The van der Waals surface area contributed by atoms with Crippen LogP contribution in [0.3, 0.4) is 0 Å². The minimum absolute atomic E-state index is 0.0613. The van der Waals surface area contributed by atoms with E-state index in [-0.39, 0.29) is 22.7 Å². The van der Waals surface area contributed by atoms with Crippen LogP contribution in [0.25, 0.3) is 11.0 Å². The molecule has 9 heteroatoms. The number of nitrogens with zero attached hydrogens (tertiary/aromatic N) is 7. The van der Waals surface area contributed by atoms with Gasteiger partial charge >= 0.3 is 0 Å². The van der Waals surface area contributed by atoms with Gasteiger partial charge in [-0.25, -0.2) is 19.6 Å². The van der Waals surface area contributed by atoms with E-state index in [0.29, 0.717) is 36.1 Å². The van der Waals surface area contributed by atoms with Crippen molar-refractivity contribution < 1.29 is 0 Å². The van der Waals surface area contributed by atoms with E-state index < -0.39 is 0 Å². The zero-order valence-electron chi connectivity index (χ0n) is 17.9. The summed E-state index contributed by atoms with van der Waals surface area (Å²) in [5.41, 5.74) is 3.09. The van der Waals surface area contributed by atoms with Gasteiger partial charge in [0.25, 0.3) is 5.56 Å². The van der Waals surface area contributed by atoms with Crippen molar-refractivity contribution in [3.05, 3.63) is 75.2 Å². The van der Waals surface area contributed by atoms with Crippen LogP contribution in [0.4, 0.5) is 0 Å². The van der Waals surface area contributed by atoms with E-state index in [2.05, 4.69) is 30.0 Å². The minimum Gasteiger partial charge on any atom is -0.310 e. The van der Waals surface area contributed by atoms with Crippen LogP contribution in [0.1, 0.15) is 65.9 Å². The zero-order valence-corrected chi connectivity index (χ0v) is 17.9. The van der Waals surface area contributed by atoms with E-state index in [4.69, 9.17) is 0 Å². The first-order valence-corrected chi connectivity index (χ1v) is 10.7. The van der Waals surface area contributed by atoms with Crippen LogP contribution in [-0.2, 0) is 12.8 Å². The number of nitrogens with one attached hydrogen (secondary N) is 1. The fourth-order valence-corrected chi connectivity index (χ4v) is 3.78. The van der Waals surface area contributed by atoms with Gasteiger partial charge in [-0.15, -0.1) is 0 Å². The lowest BCUT2D eigenvalue weighted by atomic mass is 10.1. The van der Waals surface area contributed by atoms with Crippen molar-refractivity contribution in [3.8, 4) is 6.07 Å². The Bertz CT molecular complexity index is 1380. The maximum Gasteiger partial charge on any atom is 0.263 e. The largest absolute Gasteiger partial charge is 0.310 e. The van der Waals surface area contributed by atoms with Gasteiger partial charge in [-0.2, -0.15) is 10.4 Å². The monoisotopic (exact) mass is 426 g/mol. The second-order valence-electron chi connectivity index (χ2n) is 8.23. The summed E-state index contributed by atoms with van der Waals surface area (Å²) in [4.78, 5) is 33.5. The van der Waals surface area contributed by atoms with E-state index >= 15 is 0 Å². The van der Waals surface area contributed by atoms with Crippen LogP contribution in [0.15, 0.2) is 35.5 Å². The Balaban J connectivity index is 1.46. The molecule has 9 nitrogen and oxygen atoms in total. The molecule has 1 unspecified atom stereocenters. The highest BCUT2D eigenvalue weighted by molar-refractivity contribution is 5.80. The Morgan fingerprint density at radius 3 is 2.62 bits per heavy atom. The number of fused-ring (bicyclic) bond motifs is 1. The molecule has 0 amide bonds. The minimum atomic E-state index is -0.368. The molecule has 5 rings (SSSR count). The summed E-state index contributed by atoms with van der Waals surface area (Å²) in [6.07, 6.45) is 9.01. The van der Waals surface area contributed by atoms with Gasteiger partial charge in [0.2, 0.25) is 0 Å². The Morgan fingerprint density at radius 1 is 1.19 bits per heavy atom. The first-order chi connectivity index (χ1) is 15.5. The summed E-state index contributed by atoms with van der Waals surface area (Å²) in [6.45, 7) is 3.86. The highest BCUT2D eigenvalue weighted by Crippen LogP contribution is 2.39. The summed E-state index contributed by atoms with van der Waals surface area (Å²) in [7, 11) is 0. The molecule has 160 valence electrons. The number of aryl methyl sites for hydroxylation is 3. The molecule has 0 saturated heterocycles. The van der Waals surface area contributed by atoms with Gasteiger partial charge in [0.05, 0.1) is 6.04 Å². The number of rotatable bonds is 6. The summed E-state index contributed by atoms with van der Waals surface area (Å²) >= 11 is 0. The molecule has 4 aromatic heterocycles. The third-order valence-corrected chi connectivity index (χ3v) is 5.86. The van der Waals surface area contributed by atoms with Crippen LogP contribution < -0.4 is 5.56 Å². The molecular formula is C23H22N8O. The first kappa shape index (κ1) is 20.0. The van der Waals surface area contributed by atoms with Gasteiger partial charge in [0, 0.05) is 37.1 Å². The topological polar surface area (TPSA) is 126 Å². The molecule has 1 N–H and O–H groups in total. The summed E-state index contributed by atoms with van der Waals surface area (Å²) < 4.78 is 1.62. The lowest BCUT2D eigenvalue weighted by Gasteiger charge is -2.13. The molecule has 0 bridgehead atoms. The van der Waals surface area contributed by atoms with Gasteiger partial charge in [-0.1, -0.05) is 6.07 Å². The second-order valence-corrected chi connectivity index (χ2v) is 8.23. The molecule has 1 aliphatic rings. The molecule has 32 heavy (non-hydrogen) atoms. The number of nitriles is 1. The van der Waals surface area contributed by atoms with Crippen molar-refractivity contribution in [3.63, 3.8) is 0 Å². The Kier molecular flexibility index (Phi) is 4.98. The van der Waals surface area contributed by atoms with Crippen molar-refractivity contribution in [1.82, 2.24) is 34.7 Å². The number of hydrogen-bond acceptors (Lipinski definition) is 7. The van der Waals surface area contributed by atoms with Crippen LogP contribution in [0, 0.1) is 18.3 Å². The fraction of sp³-hybridized carbons (Fsp3) is 0.348. The SMILES string of the molecule is Cc1ccc(C(C)n2nc(C#N)c3c(=O)[nH]c(CCc4ncc(C5CC5)cn4)nc32)cn1. The average molecular weight is 426 g/mol. The number of aromatic nitrogens is 7. The quantitative estimate of drug-likeness (QED) is 0.502. The Hall–Kier alpha value is -3.93. The van der Waals surface area contributed by atoms with E-state index in [1.807, 2.05) is 44.4 Å². The third-order valence-electron chi connectivity index (χ3n) is 5.86. The molecule has 1 aliphatic carbocycles. The van der Waals surface area contributed by atoms with Gasteiger partial charge in [-0.05, 0) is 49.8 Å². The molecule has 1 atom stereocenters. The fourth-order valence-electron chi connectivity index (χ4n) is 3.78. The van der Waals surface area contributed by atoms with Crippen LogP contribution in [-0.4, -0.2) is 34.7 Å². The highest BCUT2D eigenvalue weighted by Gasteiger charge is 2.24. The Morgan fingerprint density at radius 2 is 1.97 bits per heavy atom. The highest BCUT2D eigenvalue weighted by atomic mass is 16.1. The molecule has 0 aromatic carbocycles. The lowest BCUT2D eigenvalue weighted by molar-refractivity contribution is 0.574. The van der Waals surface area contributed by atoms with E-state index in [0.717, 1.165) is 11.3 Å². The lowest BCUT2D eigenvalue weighted by Crippen LogP contribution is -2.15. The van der Waals surface area contributed by atoms with Crippen LogP contribution >= 0.6 is 0 Å². The zero-order chi connectivity index (χ0) is 22.2. The van der Waals surface area contributed by atoms with Crippen LogP contribution in [0.5, 0.6) is 0 Å². The van der Waals surface area contributed by atoms with E-state index in [1.54, 1.807) is 10.9 Å². The van der Waals surface area contributed by atoms with Gasteiger partial charge in [-0.3, -0.25) is 9.78 Å². The number of pyridine rings is 1. The predicted molar refractivity (Wildman–Crippen MR) is 117 cm³/mol. The molecule has 4 aromatic rings. The van der Waals surface area contributed by atoms with Gasteiger partial charge < -0.3 is 4.98 Å². The average Bonchev–Trinajstić information content (AvgIpc) is 3.59. The number of H-pyrrole nitrogens is 1. The van der Waals surface area contributed by atoms with Gasteiger partial charge in [0.15, 0.2) is 11.3 Å². The predicted octanol–water partition coefficient (Wildman–Crippen LogP) is 2.76. The smallest absolute Gasteiger partial charge is 0.263 e. The van der Waals surface area contributed by atoms with Gasteiger partial charge in [0.1, 0.15) is 23.1 Å². The third kappa shape index (κ3) is 3.75. The molecular weight excluding hydrogens is 404 g/mol. The summed E-state index contributed by atoms with van der Waals surface area (Å²) in [5, 5.41) is 14.1. The van der Waals surface area contributed by atoms with E-state index in [9.17, 15) is 10.1 Å². The number of aromatic amines is 1. The molecule has 0 aliphatic heterocycles. The first-order valence-electron chi connectivity index (χ1n) is 10.7. The molecule has 0 spiro atoms.